The Morgan fingerprint density at radius 3 is 1.76 bits per heavy atom. The van der Waals surface area contributed by atoms with Gasteiger partial charge >= 0.3 is 11.9 Å². The fourth-order valence-electron chi connectivity index (χ4n) is 4.61. The molecule has 0 radical (unpaired) electrons. The predicted octanol–water partition coefficient (Wildman–Crippen LogP) is 1.42. The molecule has 2 heterocycles. The van der Waals surface area contributed by atoms with Crippen molar-refractivity contribution in [2.24, 2.45) is 17.3 Å². The van der Waals surface area contributed by atoms with E-state index >= 15 is 0 Å². The van der Waals surface area contributed by atoms with Gasteiger partial charge in [0.05, 0.1) is 0 Å². The first-order chi connectivity index (χ1) is 8.24. The minimum Gasteiger partial charge on any atom is -0.461 e. The van der Waals surface area contributed by atoms with Gasteiger partial charge in [-0.3, -0.25) is 9.59 Å². The zero-order chi connectivity index (χ0) is 11.6. The van der Waals surface area contributed by atoms with Gasteiger partial charge in [0.15, 0.2) is 5.41 Å². The average molecular weight is 236 g/mol. The molecule has 4 heteroatoms. The van der Waals surface area contributed by atoms with Crippen LogP contribution < -0.4 is 0 Å². The van der Waals surface area contributed by atoms with Gasteiger partial charge in [-0.1, -0.05) is 0 Å². The molecule has 0 aromatic rings. The second-order valence-corrected chi connectivity index (χ2v) is 5.83. The van der Waals surface area contributed by atoms with Crippen LogP contribution >= 0.6 is 0 Å². The Kier molecular flexibility index (Phi) is 1.77. The van der Waals surface area contributed by atoms with Gasteiger partial charge < -0.3 is 9.47 Å². The Balaban J connectivity index is 1.83. The van der Waals surface area contributed by atoms with Crippen molar-refractivity contribution in [3.63, 3.8) is 0 Å². The van der Waals surface area contributed by atoms with E-state index in [-0.39, 0.29) is 36.0 Å². The molecular weight excluding hydrogens is 220 g/mol. The molecule has 4 fully saturated rings. The van der Waals surface area contributed by atoms with E-state index in [2.05, 4.69) is 0 Å². The molecule has 1 spiro atoms. The third-order valence-corrected chi connectivity index (χ3v) is 5.27. The standard InChI is InChI=1S/C13H16O4/c14-11-13(7-3-1-5-9(7)16-11)8-4-2-6-10(8)17-12(13)15/h7-10H,1-6H2/t7-,8?,9+,10?,13?/m0/s1. The smallest absolute Gasteiger partial charge is 0.324 e. The first-order valence-electron chi connectivity index (χ1n) is 6.66. The van der Waals surface area contributed by atoms with Gasteiger partial charge in [0.1, 0.15) is 12.2 Å². The summed E-state index contributed by atoms with van der Waals surface area (Å²) in [6.45, 7) is 0. The average Bonchev–Trinajstić information content (AvgIpc) is 2.95. The van der Waals surface area contributed by atoms with Crippen molar-refractivity contribution in [3.05, 3.63) is 0 Å². The summed E-state index contributed by atoms with van der Waals surface area (Å²) in [5.74, 6) is -0.385. The van der Waals surface area contributed by atoms with E-state index in [9.17, 15) is 9.59 Å². The van der Waals surface area contributed by atoms with Crippen molar-refractivity contribution >= 4 is 11.9 Å². The van der Waals surface area contributed by atoms with Crippen molar-refractivity contribution in [2.75, 3.05) is 0 Å². The summed E-state index contributed by atoms with van der Waals surface area (Å²) >= 11 is 0. The fourth-order valence-corrected chi connectivity index (χ4v) is 4.61. The SMILES string of the molecule is O=C1OC2CCCC2C12C(=O)O[C@@H]1CCC[C@@H]12. The van der Waals surface area contributed by atoms with Gasteiger partial charge in [-0.2, -0.15) is 0 Å². The molecule has 2 aliphatic carbocycles. The van der Waals surface area contributed by atoms with Crippen LogP contribution in [0.25, 0.3) is 0 Å². The van der Waals surface area contributed by atoms with E-state index in [0.717, 1.165) is 38.5 Å². The number of fused-ring (bicyclic) bond motifs is 4. The molecule has 3 unspecified atom stereocenters. The highest BCUT2D eigenvalue weighted by Crippen LogP contribution is 2.60. The molecule has 0 aromatic heterocycles. The maximum absolute atomic E-state index is 12.2. The lowest BCUT2D eigenvalue weighted by Gasteiger charge is -2.26. The van der Waals surface area contributed by atoms with Crippen molar-refractivity contribution in [2.45, 2.75) is 50.7 Å². The topological polar surface area (TPSA) is 52.6 Å². The first kappa shape index (κ1) is 9.92. The highest BCUT2D eigenvalue weighted by molar-refractivity contribution is 6.04. The molecule has 92 valence electrons. The number of carbonyl (C=O) groups excluding carboxylic acids is 2. The molecule has 5 atom stereocenters. The number of hydrogen-bond acceptors (Lipinski definition) is 4. The first-order valence-corrected chi connectivity index (χ1v) is 6.66. The molecule has 17 heavy (non-hydrogen) atoms. The molecule has 0 N–H and O–H groups in total. The largest absolute Gasteiger partial charge is 0.461 e. The molecular formula is C13H16O4. The lowest BCUT2D eigenvalue weighted by atomic mass is 9.67. The van der Waals surface area contributed by atoms with Crippen molar-refractivity contribution in [1.29, 1.82) is 0 Å². The Bertz CT molecular complexity index is 364. The van der Waals surface area contributed by atoms with Gasteiger partial charge in [0.25, 0.3) is 0 Å². The molecule has 2 saturated heterocycles. The fraction of sp³-hybridized carbons (Fsp3) is 0.846. The normalized spacial score (nSPS) is 51.5. The van der Waals surface area contributed by atoms with Gasteiger partial charge in [-0.05, 0) is 38.5 Å². The lowest BCUT2D eigenvalue weighted by Crippen LogP contribution is -2.43. The van der Waals surface area contributed by atoms with E-state index < -0.39 is 5.41 Å². The zero-order valence-corrected chi connectivity index (χ0v) is 9.69. The number of ether oxygens (including phenoxy) is 2. The Morgan fingerprint density at radius 2 is 1.29 bits per heavy atom. The van der Waals surface area contributed by atoms with Crippen molar-refractivity contribution < 1.29 is 19.1 Å². The molecule has 2 aliphatic heterocycles. The third kappa shape index (κ3) is 0.964. The molecule has 2 saturated carbocycles. The molecule has 0 amide bonds. The Hall–Kier alpha value is -1.06. The molecule has 4 nitrogen and oxygen atoms in total. The Morgan fingerprint density at radius 1 is 0.824 bits per heavy atom. The number of carbonyl (C=O) groups is 2. The van der Waals surface area contributed by atoms with Crippen LogP contribution in [0.5, 0.6) is 0 Å². The number of esters is 2. The highest BCUT2D eigenvalue weighted by atomic mass is 16.6. The van der Waals surface area contributed by atoms with Crippen LogP contribution in [0, 0.1) is 17.3 Å². The second kappa shape index (κ2) is 3.03. The van der Waals surface area contributed by atoms with Gasteiger partial charge in [-0.15, -0.1) is 0 Å². The van der Waals surface area contributed by atoms with E-state index in [4.69, 9.17) is 9.47 Å². The van der Waals surface area contributed by atoms with E-state index in [1.54, 1.807) is 0 Å². The summed E-state index contributed by atoms with van der Waals surface area (Å²) < 4.78 is 10.9. The molecule has 0 bridgehead atoms. The van der Waals surface area contributed by atoms with Crippen molar-refractivity contribution in [1.82, 2.24) is 0 Å². The summed E-state index contributed by atoms with van der Waals surface area (Å²) in [5.41, 5.74) is -0.914. The summed E-state index contributed by atoms with van der Waals surface area (Å²) in [7, 11) is 0. The minimum absolute atomic E-state index is 0.0191. The highest BCUT2D eigenvalue weighted by Gasteiger charge is 2.73. The van der Waals surface area contributed by atoms with Crippen LogP contribution in [0.2, 0.25) is 0 Å². The second-order valence-electron chi connectivity index (χ2n) is 5.83. The summed E-state index contributed by atoms with van der Waals surface area (Å²) in [5, 5.41) is 0. The predicted molar refractivity (Wildman–Crippen MR) is 56.9 cm³/mol. The quantitative estimate of drug-likeness (QED) is 0.471. The summed E-state index contributed by atoms with van der Waals surface area (Å²) in [4.78, 5) is 24.5. The van der Waals surface area contributed by atoms with Crippen LogP contribution in [0.3, 0.4) is 0 Å². The third-order valence-electron chi connectivity index (χ3n) is 5.27. The minimum atomic E-state index is -0.914. The van der Waals surface area contributed by atoms with Gasteiger partial charge in [0.2, 0.25) is 0 Å². The van der Waals surface area contributed by atoms with Gasteiger partial charge in [-0.25, -0.2) is 0 Å². The molecule has 0 aromatic carbocycles. The van der Waals surface area contributed by atoms with Crippen LogP contribution in [-0.2, 0) is 19.1 Å². The number of hydrogen-bond donors (Lipinski definition) is 0. The zero-order valence-electron chi connectivity index (χ0n) is 9.69. The van der Waals surface area contributed by atoms with Crippen LogP contribution in [0.4, 0.5) is 0 Å². The monoisotopic (exact) mass is 236 g/mol. The molecule has 4 aliphatic rings. The summed E-state index contributed by atoms with van der Waals surface area (Å²) in [6, 6.07) is 0. The van der Waals surface area contributed by atoms with E-state index in [1.807, 2.05) is 0 Å². The van der Waals surface area contributed by atoms with Gasteiger partial charge in [0, 0.05) is 11.8 Å². The van der Waals surface area contributed by atoms with Crippen LogP contribution in [0.15, 0.2) is 0 Å². The maximum Gasteiger partial charge on any atom is 0.324 e. The number of rotatable bonds is 0. The van der Waals surface area contributed by atoms with E-state index in [1.165, 1.54) is 0 Å². The summed E-state index contributed by atoms with van der Waals surface area (Å²) in [6.07, 6.45) is 5.81. The van der Waals surface area contributed by atoms with E-state index in [0.29, 0.717) is 0 Å². The van der Waals surface area contributed by atoms with Crippen LogP contribution in [0.1, 0.15) is 38.5 Å². The molecule has 4 rings (SSSR count). The lowest BCUT2D eigenvalue weighted by molar-refractivity contribution is -0.161. The maximum atomic E-state index is 12.2. The van der Waals surface area contributed by atoms with Crippen molar-refractivity contribution in [3.8, 4) is 0 Å². The Labute approximate surface area is 99.6 Å². The van der Waals surface area contributed by atoms with Crippen LogP contribution in [-0.4, -0.2) is 24.1 Å².